The second-order valence-electron chi connectivity index (χ2n) is 7.58. The molecule has 1 aromatic carbocycles. The highest BCUT2D eigenvalue weighted by Crippen LogP contribution is 2.14. The fourth-order valence-corrected chi connectivity index (χ4v) is 3.18. The van der Waals surface area contributed by atoms with Crippen LogP contribution in [-0.2, 0) is 24.8 Å². The number of aryl methyl sites for hydroxylation is 2. The maximum absolute atomic E-state index is 5.83. The lowest BCUT2D eigenvalue weighted by atomic mass is 10.1. The molecule has 0 spiro atoms. The van der Waals surface area contributed by atoms with Crippen LogP contribution in [0, 0.1) is 19.8 Å². The topological polar surface area (TPSA) is 63.5 Å². The number of ether oxygens (including phenoxy) is 1. The number of hydrogen-bond donors (Lipinski definition) is 2. The van der Waals surface area contributed by atoms with Crippen LogP contribution in [0.2, 0.25) is 0 Å². The van der Waals surface area contributed by atoms with Crippen molar-refractivity contribution in [2.24, 2.45) is 18.0 Å². The number of aliphatic imine (C=N–C) groups is 1. The Hall–Kier alpha value is -1.61. The Balaban J connectivity index is 0.00000420. The van der Waals surface area contributed by atoms with E-state index in [0.29, 0.717) is 19.1 Å². The number of nitrogens with one attached hydrogen (secondary N) is 2. The summed E-state index contributed by atoms with van der Waals surface area (Å²) >= 11 is 0. The average molecular weight is 513 g/mol. The third-order valence-electron chi connectivity index (χ3n) is 4.91. The number of halogens is 1. The Bertz CT molecular complexity index is 760. The molecular weight excluding hydrogens is 477 g/mol. The van der Waals surface area contributed by atoms with Gasteiger partial charge in [0.25, 0.3) is 0 Å². The number of guanidine groups is 1. The maximum atomic E-state index is 5.83. The molecule has 2 atom stereocenters. The summed E-state index contributed by atoms with van der Waals surface area (Å²) in [5.41, 5.74) is 4.83. The molecule has 0 aliphatic heterocycles. The summed E-state index contributed by atoms with van der Waals surface area (Å²) in [6.45, 7) is 10.7. The van der Waals surface area contributed by atoms with Crippen LogP contribution in [0.15, 0.2) is 35.3 Å². The lowest BCUT2D eigenvalue weighted by molar-refractivity contribution is 0.0931. The van der Waals surface area contributed by atoms with E-state index in [1.807, 2.05) is 29.9 Å². The minimum absolute atomic E-state index is 0. The fraction of sp³-hybridized carbons (Fsp3) is 0.545. The molecule has 2 aromatic rings. The van der Waals surface area contributed by atoms with Crippen LogP contribution >= 0.6 is 24.0 Å². The molecule has 0 amide bonds. The van der Waals surface area contributed by atoms with Crippen molar-refractivity contribution in [1.82, 2.24) is 20.4 Å². The van der Waals surface area contributed by atoms with E-state index in [2.05, 4.69) is 60.6 Å². The molecule has 0 saturated carbocycles. The first-order valence-corrected chi connectivity index (χ1v) is 9.98. The van der Waals surface area contributed by atoms with Crippen LogP contribution < -0.4 is 10.6 Å². The molecule has 1 aromatic heterocycles. The number of hydrogen-bond acceptors (Lipinski definition) is 3. The molecule has 1 heterocycles. The van der Waals surface area contributed by atoms with Crippen LogP contribution in [0.1, 0.15) is 36.4 Å². The second-order valence-corrected chi connectivity index (χ2v) is 7.58. The lowest BCUT2D eigenvalue weighted by Gasteiger charge is -2.20. The van der Waals surface area contributed by atoms with Gasteiger partial charge in [0.15, 0.2) is 5.96 Å². The summed E-state index contributed by atoms with van der Waals surface area (Å²) < 4.78 is 7.77. The van der Waals surface area contributed by atoms with Gasteiger partial charge in [0.2, 0.25) is 0 Å². The Morgan fingerprint density at radius 1 is 1.21 bits per heavy atom. The van der Waals surface area contributed by atoms with Crippen LogP contribution in [-0.4, -0.2) is 42.0 Å². The Kier molecular flexibility index (Phi) is 11.3. The van der Waals surface area contributed by atoms with Crippen molar-refractivity contribution < 1.29 is 4.74 Å². The highest BCUT2D eigenvalue weighted by molar-refractivity contribution is 14.0. The zero-order chi connectivity index (χ0) is 20.5. The molecule has 0 aliphatic rings. The fourth-order valence-electron chi connectivity index (χ4n) is 3.18. The van der Waals surface area contributed by atoms with E-state index in [9.17, 15) is 0 Å². The molecule has 0 fully saturated rings. The monoisotopic (exact) mass is 513 g/mol. The predicted molar refractivity (Wildman–Crippen MR) is 131 cm³/mol. The van der Waals surface area contributed by atoms with Gasteiger partial charge in [-0.1, -0.05) is 37.3 Å². The van der Waals surface area contributed by atoms with Gasteiger partial charge >= 0.3 is 0 Å². The van der Waals surface area contributed by atoms with E-state index in [0.717, 1.165) is 24.6 Å². The minimum atomic E-state index is 0. The van der Waals surface area contributed by atoms with Gasteiger partial charge < -0.3 is 15.4 Å². The van der Waals surface area contributed by atoms with Gasteiger partial charge in [-0.25, -0.2) is 0 Å². The van der Waals surface area contributed by atoms with E-state index in [1.165, 1.54) is 16.8 Å². The van der Waals surface area contributed by atoms with Crippen LogP contribution in [0.5, 0.6) is 0 Å². The van der Waals surface area contributed by atoms with Gasteiger partial charge in [-0.2, -0.15) is 5.10 Å². The van der Waals surface area contributed by atoms with E-state index in [1.54, 1.807) is 7.05 Å². The summed E-state index contributed by atoms with van der Waals surface area (Å²) in [6, 6.07) is 10.5. The summed E-state index contributed by atoms with van der Waals surface area (Å²) in [7, 11) is 3.80. The van der Waals surface area contributed by atoms with E-state index in [4.69, 9.17) is 4.74 Å². The molecule has 6 nitrogen and oxygen atoms in total. The Morgan fingerprint density at radius 2 is 1.90 bits per heavy atom. The highest BCUT2D eigenvalue weighted by Gasteiger charge is 2.14. The highest BCUT2D eigenvalue weighted by atomic mass is 127. The second kappa shape index (κ2) is 12.8. The van der Waals surface area contributed by atoms with E-state index >= 15 is 0 Å². The summed E-state index contributed by atoms with van der Waals surface area (Å²) in [4.78, 5) is 4.35. The molecule has 0 radical (unpaired) electrons. The maximum Gasteiger partial charge on any atom is 0.191 e. The van der Waals surface area contributed by atoms with Gasteiger partial charge in [0, 0.05) is 32.4 Å². The lowest BCUT2D eigenvalue weighted by Crippen LogP contribution is -2.44. The molecule has 0 aliphatic carbocycles. The van der Waals surface area contributed by atoms with Gasteiger partial charge in [-0.3, -0.25) is 9.67 Å². The SMILES string of the molecule is CN=C(NCC(C)COCc1ccccc1)NC(C)Cc1c(C)nn(C)c1C.I. The van der Waals surface area contributed by atoms with Crippen molar-refractivity contribution in [2.75, 3.05) is 20.2 Å². The van der Waals surface area contributed by atoms with Gasteiger partial charge in [0.05, 0.1) is 18.9 Å². The average Bonchev–Trinajstić information content (AvgIpc) is 2.92. The molecule has 2 rings (SSSR count). The Morgan fingerprint density at radius 3 is 2.48 bits per heavy atom. The van der Waals surface area contributed by atoms with E-state index in [-0.39, 0.29) is 30.0 Å². The predicted octanol–water partition coefficient (Wildman–Crippen LogP) is 3.60. The van der Waals surface area contributed by atoms with Crippen molar-refractivity contribution in [1.29, 1.82) is 0 Å². The first-order valence-electron chi connectivity index (χ1n) is 9.98. The third-order valence-corrected chi connectivity index (χ3v) is 4.91. The third kappa shape index (κ3) is 8.34. The summed E-state index contributed by atoms with van der Waals surface area (Å²) in [6.07, 6.45) is 0.919. The normalized spacial score (nSPS) is 13.5. The summed E-state index contributed by atoms with van der Waals surface area (Å²) in [5, 5.41) is 11.4. The molecular formula is C22H36IN5O. The first-order chi connectivity index (χ1) is 13.4. The smallest absolute Gasteiger partial charge is 0.191 e. The van der Waals surface area contributed by atoms with Crippen LogP contribution in [0.25, 0.3) is 0 Å². The zero-order valence-electron chi connectivity index (χ0n) is 18.5. The van der Waals surface area contributed by atoms with Crippen molar-refractivity contribution in [3.63, 3.8) is 0 Å². The van der Waals surface area contributed by atoms with Crippen molar-refractivity contribution in [3.05, 3.63) is 52.8 Å². The number of rotatable bonds is 9. The molecule has 2 N–H and O–H groups in total. The molecule has 0 bridgehead atoms. The summed E-state index contributed by atoms with van der Waals surface area (Å²) in [5.74, 6) is 1.21. The largest absolute Gasteiger partial charge is 0.376 e. The van der Waals surface area contributed by atoms with Crippen molar-refractivity contribution in [2.45, 2.75) is 46.8 Å². The standard InChI is InChI=1S/C22H35N5O.HI/c1-16(14-28-15-20-10-8-7-9-11-20)13-24-22(23-5)25-17(2)12-21-18(3)26-27(6)19(21)4;/h7-11,16-17H,12-15H2,1-6H3,(H2,23,24,25);1H. The van der Waals surface area contributed by atoms with Crippen LogP contribution in [0.4, 0.5) is 0 Å². The number of benzene rings is 1. The van der Waals surface area contributed by atoms with Gasteiger partial charge in [-0.15, -0.1) is 24.0 Å². The molecule has 2 unspecified atom stereocenters. The zero-order valence-corrected chi connectivity index (χ0v) is 20.9. The van der Waals surface area contributed by atoms with E-state index < -0.39 is 0 Å². The molecule has 162 valence electrons. The first kappa shape index (κ1) is 25.4. The number of nitrogens with zero attached hydrogens (tertiary/aromatic N) is 3. The Labute approximate surface area is 192 Å². The van der Waals surface area contributed by atoms with Gasteiger partial charge in [-0.05, 0) is 44.2 Å². The molecule has 7 heteroatoms. The number of aromatic nitrogens is 2. The minimum Gasteiger partial charge on any atom is -0.376 e. The van der Waals surface area contributed by atoms with Crippen LogP contribution in [0.3, 0.4) is 0 Å². The van der Waals surface area contributed by atoms with Crippen molar-refractivity contribution >= 4 is 29.9 Å². The van der Waals surface area contributed by atoms with Crippen molar-refractivity contribution in [3.8, 4) is 0 Å². The quantitative estimate of drug-likeness (QED) is 0.306. The van der Waals surface area contributed by atoms with Gasteiger partial charge in [0.1, 0.15) is 0 Å². The molecule has 0 saturated heterocycles. The molecule has 29 heavy (non-hydrogen) atoms.